The van der Waals surface area contributed by atoms with Gasteiger partial charge in [-0.15, -0.1) is 0 Å². The van der Waals surface area contributed by atoms with Crippen LogP contribution in [0.2, 0.25) is 0 Å². The number of amides is 1. The molecule has 15 heteroatoms. The number of Topliss-reactive ketones (excluding diaryl/α,β-unsaturated/α-hetero) is 1. The van der Waals surface area contributed by atoms with Gasteiger partial charge in [-0.2, -0.15) is 0 Å². The molecule has 6 aliphatic rings. The van der Waals surface area contributed by atoms with Crippen LogP contribution in [0.3, 0.4) is 0 Å². The Morgan fingerprint density at radius 1 is 1.00 bits per heavy atom. The summed E-state index contributed by atoms with van der Waals surface area (Å²) in [6.45, 7) is 16.5. The van der Waals surface area contributed by atoms with Crippen LogP contribution in [0.5, 0.6) is 0 Å². The van der Waals surface area contributed by atoms with Crippen LogP contribution >= 0.6 is 0 Å². The van der Waals surface area contributed by atoms with E-state index in [4.69, 9.17) is 28.4 Å². The van der Waals surface area contributed by atoms with E-state index in [1.54, 1.807) is 48.5 Å². The highest BCUT2D eigenvalue weighted by Gasteiger charge is 2.78. The molecule has 15 nitrogen and oxygen atoms in total. The summed E-state index contributed by atoms with van der Waals surface area (Å²) in [4.78, 5) is 69.8. The van der Waals surface area contributed by atoms with Gasteiger partial charge >= 0.3 is 24.0 Å². The van der Waals surface area contributed by atoms with Gasteiger partial charge in [-0.25, -0.2) is 9.59 Å². The molecule has 1 amide bonds. The molecule has 12 atom stereocenters. The molecule has 2 bridgehead atoms. The van der Waals surface area contributed by atoms with Crippen LogP contribution in [0.15, 0.2) is 41.5 Å². The molecule has 0 radical (unpaired) electrons. The quantitative estimate of drug-likeness (QED) is 0.139. The van der Waals surface area contributed by atoms with Crippen molar-refractivity contribution >= 4 is 29.8 Å². The van der Waals surface area contributed by atoms with E-state index >= 15 is 4.79 Å². The summed E-state index contributed by atoms with van der Waals surface area (Å²) in [7, 11) is 0. The Bertz CT molecular complexity index is 1970. The first kappa shape index (κ1) is 45.1. The number of esters is 3. The van der Waals surface area contributed by atoms with Crippen LogP contribution < -0.4 is 5.32 Å². The molecular weight excluding hydrogens is 790 g/mol. The monoisotopic (exact) mass is 853 g/mol. The molecule has 0 spiro atoms. The van der Waals surface area contributed by atoms with Gasteiger partial charge in [0.1, 0.15) is 23.4 Å². The van der Waals surface area contributed by atoms with Crippen molar-refractivity contribution in [2.45, 2.75) is 167 Å². The number of hydrogen-bond donors (Lipinski definition) is 4. The number of ether oxygens (including phenoxy) is 6. The van der Waals surface area contributed by atoms with Crippen LogP contribution in [0.4, 0.5) is 4.79 Å². The van der Waals surface area contributed by atoms with E-state index in [0.29, 0.717) is 24.8 Å². The summed E-state index contributed by atoms with van der Waals surface area (Å²) in [6, 6.07) is 8.04. The normalized spacial score (nSPS) is 36.9. The maximum atomic E-state index is 15.7. The molecule has 5 aliphatic carbocycles. The average Bonchev–Trinajstić information content (AvgIpc) is 4.10. The van der Waals surface area contributed by atoms with Gasteiger partial charge < -0.3 is 49.1 Å². The summed E-state index contributed by atoms with van der Waals surface area (Å²) in [5.41, 5.74) is -7.05. The van der Waals surface area contributed by atoms with Gasteiger partial charge in [-0.05, 0) is 81.9 Å². The van der Waals surface area contributed by atoms with Gasteiger partial charge in [0.2, 0.25) is 0 Å². The van der Waals surface area contributed by atoms with Crippen molar-refractivity contribution in [1.29, 1.82) is 0 Å². The second-order valence-corrected chi connectivity index (χ2v) is 20.7. The second-order valence-electron chi connectivity index (χ2n) is 20.7. The van der Waals surface area contributed by atoms with Gasteiger partial charge in [0.15, 0.2) is 23.6 Å². The van der Waals surface area contributed by atoms with Crippen molar-refractivity contribution in [3.63, 3.8) is 0 Å². The summed E-state index contributed by atoms with van der Waals surface area (Å²) in [5.74, 6) is -5.17. The topological polar surface area (TPSA) is 213 Å². The smallest absolute Gasteiger partial charge is 0.407 e. The molecule has 7 rings (SSSR count). The van der Waals surface area contributed by atoms with E-state index in [9.17, 15) is 34.5 Å². The third kappa shape index (κ3) is 7.80. The minimum Gasteiger partial charge on any atom is -0.456 e. The molecule has 4 saturated carbocycles. The second kappa shape index (κ2) is 15.4. The molecular formula is C46H63NO14. The first-order chi connectivity index (χ1) is 28.3. The predicted octanol–water partition coefficient (Wildman–Crippen LogP) is 4.25. The fourth-order valence-electron chi connectivity index (χ4n) is 10.8. The van der Waals surface area contributed by atoms with Gasteiger partial charge in [-0.3, -0.25) is 14.4 Å². The summed E-state index contributed by atoms with van der Waals surface area (Å²) < 4.78 is 36.9. The number of alkyl carbamates (subject to hydrolysis) is 1. The van der Waals surface area contributed by atoms with E-state index in [1.165, 1.54) is 6.92 Å². The zero-order valence-corrected chi connectivity index (χ0v) is 36.9. The molecule has 0 aromatic heterocycles. The number of hydrogen-bond acceptors (Lipinski definition) is 14. The summed E-state index contributed by atoms with van der Waals surface area (Å²) >= 11 is 0. The molecule has 1 unspecified atom stereocenters. The number of carbonyl (C=O) groups excluding carboxylic acids is 5. The largest absolute Gasteiger partial charge is 0.456 e. The summed E-state index contributed by atoms with van der Waals surface area (Å²) in [6.07, 6.45) is -8.20. The molecule has 1 heterocycles. The highest BCUT2D eigenvalue weighted by Crippen LogP contribution is 2.64. The third-order valence-corrected chi connectivity index (χ3v) is 14.6. The van der Waals surface area contributed by atoms with Crippen molar-refractivity contribution in [1.82, 2.24) is 5.32 Å². The van der Waals surface area contributed by atoms with Gasteiger partial charge in [0.25, 0.3) is 0 Å². The Balaban J connectivity index is 1.37. The highest BCUT2D eigenvalue weighted by molar-refractivity contribution is 5.95. The van der Waals surface area contributed by atoms with Crippen molar-refractivity contribution < 1.29 is 67.7 Å². The fourth-order valence-corrected chi connectivity index (χ4v) is 10.8. The Labute approximate surface area is 357 Å². The van der Waals surface area contributed by atoms with Crippen LogP contribution in [0.25, 0.3) is 0 Å². The molecule has 1 saturated heterocycles. The molecule has 1 aromatic rings. The minimum absolute atomic E-state index is 0.0844. The van der Waals surface area contributed by atoms with Gasteiger partial charge in [0.05, 0.1) is 42.8 Å². The Hall–Kier alpha value is -3.89. The van der Waals surface area contributed by atoms with Crippen LogP contribution in [-0.4, -0.2) is 111 Å². The SMILES string of the molecule is CC(=O)O[C@@]12CO[C@@H]1C[C@H](O)[C@@]1(C)C(=O)[C@H](OC(=O)C3CC3)C3=C(C)[C@@H](OC(=O)[C@H](O)[C@@H](NC(=O)OC(C)(C)C)[C@@H]4CC4(C)C)C[C@@](O)([C@@H](OCc4ccccc4)C12)C3(C)C. The van der Waals surface area contributed by atoms with E-state index in [1.807, 2.05) is 44.2 Å². The van der Waals surface area contributed by atoms with E-state index < -0.39 is 112 Å². The Morgan fingerprint density at radius 2 is 1.64 bits per heavy atom. The van der Waals surface area contributed by atoms with E-state index in [-0.39, 0.29) is 43.0 Å². The van der Waals surface area contributed by atoms with Crippen molar-refractivity contribution in [3.8, 4) is 0 Å². The maximum Gasteiger partial charge on any atom is 0.407 e. The zero-order chi connectivity index (χ0) is 44.8. The van der Waals surface area contributed by atoms with E-state index in [2.05, 4.69) is 5.32 Å². The maximum absolute atomic E-state index is 15.7. The van der Waals surface area contributed by atoms with Crippen molar-refractivity contribution in [3.05, 3.63) is 47.0 Å². The fraction of sp³-hybridized carbons (Fsp3) is 0.717. The Kier molecular flexibility index (Phi) is 11.4. The standard InChI is InChI=1S/C46H63NO14/c1-23-28(58-39(53)33(50)32(27-19-42(27,6)7)47-40(54)61-41(3,4)5)20-46(55)37(56-21-25-14-12-11-13-15-25)35-44(10,29(49)18-30-45(35,22-57-30)60-24(2)48)36(51)34(31(23)43(46,8)9)59-38(52)26-16-17-26/h11-15,26-30,32-35,37,49-50,55H,16-22H2,1-10H3,(H,47,54)/t27-,28-,29-,30+,32-,33+,34+,35?,37-,44+,45-,46+/m0/s1. The molecule has 1 aromatic carbocycles. The van der Waals surface area contributed by atoms with Crippen molar-refractivity contribution in [2.75, 3.05) is 6.61 Å². The lowest BCUT2D eigenvalue weighted by Gasteiger charge is -2.67. The molecule has 336 valence electrons. The lowest BCUT2D eigenvalue weighted by Crippen LogP contribution is -2.81. The number of nitrogens with one attached hydrogen (secondary N) is 1. The molecule has 4 N–H and O–H groups in total. The average molecular weight is 854 g/mol. The van der Waals surface area contributed by atoms with E-state index in [0.717, 1.165) is 5.56 Å². The number of rotatable bonds is 11. The number of carbonyl (C=O) groups is 5. The predicted molar refractivity (Wildman–Crippen MR) is 216 cm³/mol. The molecule has 1 aliphatic heterocycles. The number of aliphatic hydroxyl groups is 3. The Morgan fingerprint density at radius 3 is 2.18 bits per heavy atom. The summed E-state index contributed by atoms with van der Waals surface area (Å²) in [5, 5.41) is 40.4. The van der Waals surface area contributed by atoms with Crippen LogP contribution in [-0.2, 0) is 54.2 Å². The lowest BCUT2D eigenvalue weighted by molar-refractivity contribution is -0.351. The first-order valence-electron chi connectivity index (χ1n) is 21.5. The molecule has 5 fully saturated rings. The van der Waals surface area contributed by atoms with Crippen molar-refractivity contribution in [2.24, 2.45) is 34.0 Å². The highest BCUT2D eigenvalue weighted by atomic mass is 16.6. The molecule has 61 heavy (non-hydrogen) atoms. The lowest BCUT2D eigenvalue weighted by atomic mass is 9.44. The van der Waals surface area contributed by atoms with Crippen LogP contribution in [0, 0.1) is 34.0 Å². The number of aliphatic hydroxyl groups excluding tert-OH is 2. The zero-order valence-electron chi connectivity index (χ0n) is 36.9. The minimum atomic E-state index is -2.12. The number of benzene rings is 1. The van der Waals surface area contributed by atoms with Gasteiger partial charge in [-0.1, -0.05) is 58.0 Å². The number of fused-ring (bicyclic) bond motifs is 5. The van der Waals surface area contributed by atoms with Crippen LogP contribution in [0.1, 0.15) is 107 Å². The number of ketones is 1. The third-order valence-electron chi connectivity index (χ3n) is 14.6. The van der Waals surface area contributed by atoms with Gasteiger partial charge in [0, 0.05) is 31.1 Å². The first-order valence-corrected chi connectivity index (χ1v) is 21.5.